The fourth-order valence-electron chi connectivity index (χ4n) is 6.96. The van der Waals surface area contributed by atoms with Crippen LogP contribution in [0.4, 0.5) is 15.8 Å². The zero-order valence-corrected chi connectivity index (χ0v) is 29.2. The summed E-state index contributed by atoms with van der Waals surface area (Å²) in [7, 11) is 1.62. The van der Waals surface area contributed by atoms with Crippen LogP contribution in [0.25, 0.3) is 11.1 Å². The van der Waals surface area contributed by atoms with Crippen molar-refractivity contribution >= 4 is 52.4 Å². The number of hydrogen-bond acceptors (Lipinski definition) is 9. The van der Waals surface area contributed by atoms with Crippen LogP contribution in [0.1, 0.15) is 31.8 Å². The molecular formula is C35H38Cl2FN5O7. The van der Waals surface area contributed by atoms with Gasteiger partial charge in [0.15, 0.2) is 6.73 Å². The lowest BCUT2D eigenvalue weighted by Crippen LogP contribution is -2.58. The topological polar surface area (TPSA) is 138 Å². The molecule has 0 radical (unpaired) electrons. The van der Waals surface area contributed by atoms with Crippen LogP contribution in [0.3, 0.4) is 0 Å². The standard InChI is InChI=1S/C35H38Cl2FN5O7/c1-20-29(27(38)16-24(35(46)47)31(20)41-9-12-49-13-10-41)23-5-3-4-21-17-42(19-50-32(21)23)34(45)30-25(36)14-22(15-26(30)37)43-7-6-40(8-11-48-2)18-28(43)33(39)44/h3-5,14-16,28H,6-13,17-19H2,1-2H3,(H2,39,44)(H,46,47). The van der Waals surface area contributed by atoms with Crippen molar-refractivity contribution in [3.05, 3.63) is 74.5 Å². The summed E-state index contributed by atoms with van der Waals surface area (Å²) in [5, 5.41) is 10.1. The van der Waals surface area contributed by atoms with Gasteiger partial charge in [0.1, 0.15) is 17.6 Å². The fourth-order valence-corrected chi connectivity index (χ4v) is 7.60. The third-order valence-electron chi connectivity index (χ3n) is 9.41. The van der Waals surface area contributed by atoms with Gasteiger partial charge in [0.05, 0.1) is 53.2 Å². The molecule has 50 heavy (non-hydrogen) atoms. The van der Waals surface area contributed by atoms with Gasteiger partial charge in [-0.2, -0.15) is 0 Å². The van der Waals surface area contributed by atoms with E-state index < -0.39 is 29.6 Å². The first-order chi connectivity index (χ1) is 24.0. The minimum Gasteiger partial charge on any atom is -0.478 e. The van der Waals surface area contributed by atoms with Crippen molar-refractivity contribution in [1.82, 2.24) is 9.80 Å². The van der Waals surface area contributed by atoms with E-state index >= 15 is 4.39 Å². The molecule has 12 nitrogen and oxygen atoms in total. The number of carboxylic acid groups (broad SMARTS) is 1. The summed E-state index contributed by atoms with van der Waals surface area (Å²) in [4.78, 5) is 45.7. The van der Waals surface area contributed by atoms with Crippen LogP contribution in [0.15, 0.2) is 36.4 Å². The van der Waals surface area contributed by atoms with E-state index in [9.17, 15) is 19.5 Å². The van der Waals surface area contributed by atoms with Gasteiger partial charge in [-0.05, 0) is 30.7 Å². The van der Waals surface area contributed by atoms with Gasteiger partial charge >= 0.3 is 5.97 Å². The van der Waals surface area contributed by atoms with Gasteiger partial charge in [-0.25, -0.2) is 9.18 Å². The first kappa shape index (κ1) is 35.7. The zero-order valence-electron chi connectivity index (χ0n) is 27.7. The number of benzene rings is 3. The van der Waals surface area contributed by atoms with Crippen LogP contribution in [0.5, 0.6) is 5.75 Å². The summed E-state index contributed by atoms with van der Waals surface area (Å²) in [5.41, 5.74) is 8.49. The molecule has 6 rings (SSSR count). The quantitative estimate of drug-likeness (QED) is 0.329. The van der Waals surface area contributed by atoms with Crippen molar-refractivity contribution in [3.8, 4) is 16.9 Å². The van der Waals surface area contributed by atoms with E-state index in [4.69, 9.17) is 43.1 Å². The van der Waals surface area contributed by atoms with E-state index in [-0.39, 0.29) is 40.0 Å². The number of primary amides is 1. The van der Waals surface area contributed by atoms with Crippen LogP contribution >= 0.6 is 23.2 Å². The number of anilines is 2. The number of halogens is 3. The van der Waals surface area contributed by atoms with Gasteiger partial charge in [-0.3, -0.25) is 14.5 Å². The molecule has 2 amide bonds. The third kappa shape index (κ3) is 6.93. The molecule has 0 bridgehead atoms. The van der Waals surface area contributed by atoms with Crippen LogP contribution in [-0.2, 0) is 20.8 Å². The Hall–Kier alpha value is -4.14. The van der Waals surface area contributed by atoms with Crippen molar-refractivity contribution in [1.29, 1.82) is 0 Å². The number of ether oxygens (including phenoxy) is 3. The number of piperazine rings is 1. The van der Waals surface area contributed by atoms with Gasteiger partial charge in [-0.15, -0.1) is 0 Å². The lowest BCUT2D eigenvalue weighted by molar-refractivity contribution is -0.120. The predicted octanol–water partition coefficient (Wildman–Crippen LogP) is 4.26. The molecule has 15 heteroatoms. The van der Waals surface area contributed by atoms with Crippen LogP contribution in [0, 0.1) is 12.7 Å². The minimum atomic E-state index is -1.22. The molecule has 1 unspecified atom stereocenters. The van der Waals surface area contributed by atoms with Crippen molar-refractivity contribution in [2.24, 2.45) is 5.73 Å². The average Bonchev–Trinajstić information content (AvgIpc) is 3.10. The fraction of sp³-hybridized carbons (Fsp3) is 0.400. The number of rotatable bonds is 9. The Balaban J connectivity index is 1.26. The minimum absolute atomic E-state index is 0.0796. The summed E-state index contributed by atoms with van der Waals surface area (Å²) >= 11 is 13.4. The number of para-hydroxylation sites is 1. The molecule has 2 saturated heterocycles. The molecule has 0 spiro atoms. The Bertz CT molecular complexity index is 1800. The Morgan fingerprint density at radius 3 is 2.46 bits per heavy atom. The van der Waals surface area contributed by atoms with Gasteiger partial charge in [0.25, 0.3) is 5.91 Å². The van der Waals surface area contributed by atoms with Gasteiger partial charge < -0.3 is 39.8 Å². The maximum Gasteiger partial charge on any atom is 0.337 e. The maximum atomic E-state index is 15.8. The molecule has 3 heterocycles. The molecule has 3 aliphatic rings. The number of amides is 2. The number of carbonyl (C=O) groups excluding carboxylic acids is 2. The molecule has 3 aromatic carbocycles. The largest absolute Gasteiger partial charge is 0.478 e. The van der Waals surface area contributed by atoms with Crippen LogP contribution < -0.4 is 20.3 Å². The highest BCUT2D eigenvalue weighted by Gasteiger charge is 2.34. The second kappa shape index (κ2) is 15.0. The van der Waals surface area contributed by atoms with E-state index in [0.717, 1.165) is 6.07 Å². The van der Waals surface area contributed by atoms with Gasteiger partial charge in [-0.1, -0.05) is 41.4 Å². The number of aromatic carboxylic acids is 1. The first-order valence-electron chi connectivity index (χ1n) is 16.2. The van der Waals surface area contributed by atoms with Crippen molar-refractivity contribution in [3.63, 3.8) is 0 Å². The predicted molar refractivity (Wildman–Crippen MR) is 187 cm³/mol. The second-order valence-corrected chi connectivity index (χ2v) is 13.2. The van der Waals surface area contributed by atoms with Crippen molar-refractivity contribution in [2.75, 3.05) is 82.7 Å². The zero-order chi connectivity index (χ0) is 35.7. The number of nitrogens with zero attached hydrogens (tertiary/aromatic N) is 4. The molecule has 0 saturated carbocycles. The number of hydrogen-bond donors (Lipinski definition) is 2. The molecule has 3 N–H and O–H groups in total. The number of methoxy groups -OCH3 is 1. The Kier molecular flexibility index (Phi) is 10.7. The van der Waals surface area contributed by atoms with Crippen molar-refractivity contribution in [2.45, 2.75) is 19.5 Å². The maximum absolute atomic E-state index is 15.8. The SMILES string of the molecule is COCCN1CCN(c2cc(Cl)c(C(=O)N3COc4c(cccc4-c4c(F)cc(C(=O)O)c(N5CCOCC5)c4C)C3)c(Cl)c2)C(C(N)=O)C1. The highest BCUT2D eigenvalue weighted by Crippen LogP contribution is 2.43. The Labute approximate surface area is 299 Å². The summed E-state index contributed by atoms with van der Waals surface area (Å²) in [5.74, 6) is -2.49. The Morgan fingerprint density at radius 2 is 1.80 bits per heavy atom. The molecule has 3 aliphatic heterocycles. The number of carbonyl (C=O) groups is 3. The van der Waals surface area contributed by atoms with E-state index in [0.29, 0.717) is 92.9 Å². The molecule has 266 valence electrons. The average molecular weight is 731 g/mol. The molecule has 0 aromatic heterocycles. The second-order valence-electron chi connectivity index (χ2n) is 12.4. The number of carboxylic acids is 1. The summed E-state index contributed by atoms with van der Waals surface area (Å²) in [6, 6.07) is 8.87. The highest BCUT2D eigenvalue weighted by atomic mass is 35.5. The smallest absolute Gasteiger partial charge is 0.337 e. The summed E-state index contributed by atoms with van der Waals surface area (Å²) in [6.07, 6.45) is 0. The number of morpholine rings is 1. The van der Waals surface area contributed by atoms with Gasteiger partial charge in [0, 0.05) is 68.8 Å². The van der Waals surface area contributed by atoms with Crippen molar-refractivity contribution < 1.29 is 38.1 Å². The van der Waals surface area contributed by atoms with E-state index in [1.807, 2.05) is 9.80 Å². The molecule has 0 aliphatic carbocycles. The number of nitrogens with two attached hydrogens (primary N) is 1. The number of fused-ring (bicyclic) bond motifs is 1. The molecular weight excluding hydrogens is 692 g/mol. The summed E-state index contributed by atoms with van der Waals surface area (Å²) < 4.78 is 32.6. The molecule has 2 fully saturated rings. The lowest BCUT2D eigenvalue weighted by Gasteiger charge is -2.41. The van der Waals surface area contributed by atoms with Crippen LogP contribution in [0.2, 0.25) is 10.0 Å². The van der Waals surface area contributed by atoms with Gasteiger partial charge in [0.2, 0.25) is 5.91 Å². The molecule has 1 atom stereocenters. The Morgan fingerprint density at radius 1 is 1.08 bits per heavy atom. The van der Waals surface area contributed by atoms with E-state index in [2.05, 4.69) is 4.90 Å². The third-order valence-corrected chi connectivity index (χ3v) is 10.0. The van der Waals surface area contributed by atoms with E-state index in [1.165, 1.54) is 4.90 Å². The summed E-state index contributed by atoms with van der Waals surface area (Å²) in [6.45, 7) is 6.18. The lowest BCUT2D eigenvalue weighted by atomic mass is 9.92. The van der Waals surface area contributed by atoms with E-state index in [1.54, 1.807) is 44.4 Å². The first-order valence-corrected chi connectivity index (χ1v) is 16.9. The normalized spacial score (nSPS) is 18.1. The van der Waals surface area contributed by atoms with Crippen LogP contribution in [-0.4, -0.2) is 112 Å². The highest BCUT2D eigenvalue weighted by molar-refractivity contribution is 6.40. The molecule has 3 aromatic rings. The monoisotopic (exact) mass is 729 g/mol.